The summed E-state index contributed by atoms with van der Waals surface area (Å²) in [4.78, 5) is 11.8. The molecule has 8 heteroatoms. The molecule has 234 valence electrons. The molecule has 8 nitrogen and oxygen atoms in total. The Balaban J connectivity index is 3.14. The largest absolute Gasteiger partial charge is 0.463 e. The fraction of sp³-hybridized carbons (Fsp3) is 0.968. The van der Waals surface area contributed by atoms with Gasteiger partial charge in [0.2, 0.25) is 0 Å². The van der Waals surface area contributed by atoms with Crippen molar-refractivity contribution < 1.29 is 38.3 Å². The van der Waals surface area contributed by atoms with Crippen LogP contribution in [0.25, 0.3) is 0 Å². The Morgan fingerprint density at radius 3 is 1.10 bits per heavy atom. The fourth-order valence-corrected chi connectivity index (χ4v) is 4.15. The number of rotatable bonds is 34. The Bertz CT molecular complexity index is 464. The second kappa shape index (κ2) is 35.3. The minimum atomic E-state index is -0.126. The average molecular weight is 563 g/mol. The highest BCUT2D eigenvalue weighted by atomic mass is 16.6. The van der Waals surface area contributed by atoms with Gasteiger partial charge in [0.05, 0.1) is 72.7 Å². The minimum Gasteiger partial charge on any atom is -0.463 e. The summed E-state index contributed by atoms with van der Waals surface area (Å²) in [5, 5.41) is 8.57. The van der Waals surface area contributed by atoms with Crippen LogP contribution in [0.15, 0.2) is 0 Å². The summed E-state index contributed by atoms with van der Waals surface area (Å²) >= 11 is 0. The van der Waals surface area contributed by atoms with Crippen molar-refractivity contribution in [1.29, 1.82) is 0 Å². The van der Waals surface area contributed by atoms with Crippen LogP contribution in [0.3, 0.4) is 0 Å². The summed E-state index contributed by atoms with van der Waals surface area (Å²) in [6, 6.07) is 0. The lowest BCUT2D eigenvalue weighted by molar-refractivity contribution is -0.145. The number of ether oxygens (including phenoxy) is 6. The molecule has 0 saturated carbocycles. The lowest BCUT2D eigenvalue weighted by Gasteiger charge is -2.08. The van der Waals surface area contributed by atoms with E-state index in [2.05, 4.69) is 6.92 Å². The topological polar surface area (TPSA) is 92.7 Å². The maximum atomic E-state index is 11.8. The predicted molar refractivity (Wildman–Crippen MR) is 156 cm³/mol. The third kappa shape index (κ3) is 35.2. The van der Waals surface area contributed by atoms with E-state index in [0.29, 0.717) is 79.1 Å². The van der Waals surface area contributed by atoms with Crippen LogP contribution in [-0.4, -0.2) is 90.4 Å². The van der Waals surface area contributed by atoms with Crippen LogP contribution in [0.1, 0.15) is 116 Å². The van der Waals surface area contributed by atoms with Crippen LogP contribution in [0, 0.1) is 0 Å². The average Bonchev–Trinajstić information content (AvgIpc) is 2.94. The van der Waals surface area contributed by atoms with Gasteiger partial charge in [-0.3, -0.25) is 4.79 Å². The first-order valence-electron chi connectivity index (χ1n) is 16.0. The predicted octanol–water partition coefficient (Wildman–Crippen LogP) is 6.26. The number of hydrogen-bond donors (Lipinski definition) is 1. The van der Waals surface area contributed by atoms with Crippen LogP contribution in [0.5, 0.6) is 0 Å². The normalized spacial score (nSPS) is 11.3. The molecular weight excluding hydrogens is 500 g/mol. The van der Waals surface area contributed by atoms with E-state index in [0.717, 1.165) is 12.8 Å². The number of carbonyl (C=O) groups excluding carboxylic acids is 1. The third-order valence-electron chi connectivity index (χ3n) is 6.45. The molecule has 0 spiro atoms. The van der Waals surface area contributed by atoms with Gasteiger partial charge >= 0.3 is 5.97 Å². The van der Waals surface area contributed by atoms with Crippen molar-refractivity contribution in [1.82, 2.24) is 0 Å². The zero-order valence-corrected chi connectivity index (χ0v) is 25.3. The van der Waals surface area contributed by atoms with Gasteiger partial charge in [0.1, 0.15) is 6.61 Å². The first-order valence-corrected chi connectivity index (χ1v) is 16.0. The molecule has 0 saturated heterocycles. The van der Waals surface area contributed by atoms with E-state index in [1.807, 2.05) is 0 Å². The first-order chi connectivity index (χ1) is 19.3. The molecule has 0 radical (unpaired) electrons. The molecule has 0 heterocycles. The Hall–Kier alpha value is -0.770. The van der Waals surface area contributed by atoms with E-state index < -0.39 is 0 Å². The molecule has 0 unspecified atom stereocenters. The van der Waals surface area contributed by atoms with Gasteiger partial charge in [0.15, 0.2) is 0 Å². The van der Waals surface area contributed by atoms with Crippen molar-refractivity contribution in [3.05, 3.63) is 0 Å². The van der Waals surface area contributed by atoms with E-state index in [4.69, 9.17) is 33.5 Å². The van der Waals surface area contributed by atoms with E-state index in [-0.39, 0.29) is 12.6 Å². The number of unbranched alkanes of at least 4 members (excludes halogenated alkanes) is 15. The molecular formula is C31H62O8. The van der Waals surface area contributed by atoms with Crippen molar-refractivity contribution in [2.24, 2.45) is 0 Å². The molecule has 0 aromatic rings. The fourth-order valence-electron chi connectivity index (χ4n) is 4.15. The Labute approximate surface area is 239 Å². The van der Waals surface area contributed by atoms with Gasteiger partial charge in [-0.25, -0.2) is 0 Å². The molecule has 0 aromatic heterocycles. The van der Waals surface area contributed by atoms with Gasteiger partial charge in [-0.1, -0.05) is 103 Å². The van der Waals surface area contributed by atoms with E-state index in [9.17, 15) is 4.79 Å². The van der Waals surface area contributed by atoms with E-state index in [1.54, 1.807) is 0 Å². The standard InChI is InChI=1S/C31H62O8/c1-2-3-4-5-6-7-8-9-10-11-12-13-14-15-16-17-18-31(33)39-30-29-38-28-27-37-26-25-36-24-23-35-22-21-34-20-19-32/h32H,2-30H2,1H3. The molecule has 1 N–H and O–H groups in total. The monoisotopic (exact) mass is 562 g/mol. The van der Waals surface area contributed by atoms with Gasteiger partial charge in [0, 0.05) is 6.42 Å². The summed E-state index contributed by atoms with van der Waals surface area (Å²) in [5.41, 5.74) is 0. The molecule has 0 bridgehead atoms. The number of aliphatic hydroxyl groups is 1. The molecule has 39 heavy (non-hydrogen) atoms. The first kappa shape index (κ1) is 38.2. The lowest BCUT2D eigenvalue weighted by Crippen LogP contribution is -2.15. The second-order valence-corrected chi connectivity index (χ2v) is 10.1. The van der Waals surface area contributed by atoms with Crippen LogP contribution >= 0.6 is 0 Å². The van der Waals surface area contributed by atoms with Crippen molar-refractivity contribution in [3.8, 4) is 0 Å². The molecule has 0 aliphatic heterocycles. The van der Waals surface area contributed by atoms with Crippen molar-refractivity contribution >= 4 is 5.97 Å². The molecule has 0 rings (SSSR count). The lowest BCUT2D eigenvalue weighted by atomic mass is 10.0. The minimum absolute atomic E-state index is 0.0290. The molecule has 0 fully saturated rings. The molecule has 0 atom stereocenters. The van der Waals surface area contributed by atoms with Crippen LogP contribution < -0.4 is 0 Å². The zero-order valence-electron chi connectivity index (χ0n) is 25.3. The summed E-state index contributed by atoms with van der Waals surface area (Å²) < 4.78 is 31.9. The SMILES string of the molecule is CCCCCCCCCCCCCCCCCCC(=O)OCCOCCOCCOCCOCCOCCO. The Morgan fingerprint density at radius 1 is 0.436 bits per heavy atom. The zero-order chi connectivity index (χ0) is 28.3. The van der Waals surface area contributed by atoms with Crippen LogP contribution in [-0.2, 0) is 33.2 Å². The molecule has 0 aliphatic rings. The third-order valence-corrected chi connectivity index (χ3v) is 6.45. The van der Waals surface area contributed by atoms with Gasteiger partial charge in [0.25, 0.3) is 0 Å². The second-order valence-electron chi connectivity index (χ2n) is 10.1. The highest BCUT2D eigenvalue weighted by molar-refractivity contribution is 5.69. The summed E-state index contributed by atoms with van der Waals surface area (Å²) in [6.07, 6.45) is 21.8. The summed E-state index contributed by atoms with van der Waals surface area (Å²) in [6.45, 7) is 7.25. The maximum absolute atomic E-state index is 11.8. The van der Waals surface area contributed by atoms with Crippen LogP contribution in [0.4, 0.5) is 0 Å². The van der Waals surface area contributed by atoms with Gasteiger partial charge in [-0.05, 0) is 6.42 Å². The number of esters is 1. The summed E-state index contributed by atoms with van der Waals surface area (Å²) in [5.74, 6) is -0.126. The molecule has 0 aliphatic carbocycles. The van der Waals surface area contributed by atoms with Gasteiger partial charge in [-0.15, -0.1) is 0 Å². The molecule has 0 amide bonds. The van der Waals surface area contributed by atoms with Crippen molar-refractivity contribution in [3.63, 3.8) is 0 Å². The van der Waals surface area contributed by atoms with Crippen molar-refractivity contribution in [2.45, 2.75) is 116 Å². The van der Waals surface area contributed by atoms with Gasteiger partial charge < -0.3 is 33.5 Å². The highest BCUT2D eigenvalue weighted by Gasteiger charge is 2.03. The van der Waals surface area contributed by atoms with E-state index in [1.165, 1.54) is 89.9 Å². The van der Waals surface area contributed by atoms with Crippen LogP contribution in [0.2, 0.25) is 0 Å². The quantitative estimate of drug-likeness (QED) is 0.0726. The van der Waals surface area contributed by atoms with Crippen molar-refractivity contribution in [2.75, 3.05) is 79.3 Å². The Kier molecular flexibility index (Phi) is 34.6. The van der Waals surface area contributed by atoms with Gasteiger partial charge in [-0.2, -0.15) is 0 Å². The summed E-state index contributed by atoms with van der Waals surface area (Å²) in [7, 11) is 0. The van der Waals surface area contributed by atoms with E-state index >= 15 is 0 Å². The number of aliphatic hydroxyl groups excluding tert-OH is 1. The number of carbonyl (C=O) groups is 1. The Morgan fingerprint density at radius 2 is 0.744 bits per heavy atom. The number of hydrogen-bond acceptors (Lipinski definition) is 8. The maximum Gasteiger partial charge on any atom is 0.305 e. The smallest absolute Gasteiger partial charge is 0.305 e. The highest BCUT2D eigenvalue weighted by Crippen LogP contribution is 2.14. The molecule has 0 aromatic carbocycles.